The van der Waals surface area contributed by atoms with Crippen molar-refractivity contribution in [2.24, 2.45) is 0 Å². The van der Waals surface area contributed by atoms with Crippen LogP contribution in [-0.4, -0.2) is 51.2 Å². The number of hydrogen-bond acceptors (Lipinski definition) is 4. The van der Waals surface area contributed by atoms with Crippen LogP contribution in [0.2, 0.25) is 0 Å². The van der Waals surface area contributed by atoms with Crippen LogP contribution in [0.25, 0.3) is 0 Å². The maximum Gasteiger partial charge on any atom is 0.0850 e. The lowest BCUT2D eigenvalue weighted by atomic mass is 10.0. The van der Waals surface area contributed by atoms with E-state index in [1.807, 2.05) is 10.9 Å². The summed E-state index contributed by atoms with van der Waals surface area (Å²) in [5.41, 5.74) is 3.77. The molecule has 5 nitrogen and oxygen atoms in total. The van der Waals surface area contributed by atoms with Gasteiger partial charge in [-0.15, -0.1) is 5.10 Å². The predicted molar refractivity (Wildman–Crippen MR) is 97.9 cm³/mol. The van der Waals surface area contributed by atoms with E-state index in [-0.39, 0.29) is 6.61 Å². The molecule has 134 valence electrons. The first kappa shape index (κ1) is 18.9. The molecule has 1 aliphatic rings. The second-order valence-electron chi connectivity index (χ2n) is 7.07. The van der Waals surface area contributed by atoms with Gasteiger partial charge < -0.3 is 5.11 Å². The number of nitrogens with zero attached hydrogens (tertiary/aromatic N) is 4. The zero-order valence-corrected chi connectivity index (χ0v) is 15.4. The summed E-state index contributed by atoms with van der Waals surface area (Å²) < 4.78 is 1.99. The number of piperidine rings is 1. The molecule has 1 fully saturated rings. The van der Waals surface area contributed by atoms with Gasteiger partial charge in [0.15, 0.2) is 0 Å². The zero-order chi connectivity index (χ0) is 17.4. The molecule has 2 heterocycles. The van der Waals surface area contributed by atoms with Gasteiger partial charge in [0, 0.05) is 38.9 Å². The van der Waals surface area contributed by atoms with Crippen LogP contribution in [0.5, 0.6) is 0 Å². The normalized spacial score (nSPS) is 17.2. The molecular formula is C19H32N4O. The molecule has 1 N–H and O–H groups in total. The van der Waals surface area contributed by atoms with Crippen molar-refractivity contribution in [3.63, 3.8) is 0 Å². The van der Waals surface area contributed by atoms with Gasteiger partial charge in [0.2, 0.25) is 0 Å². The Morgan fingerprint density at radius 1 is 1.25 bits per heavy atom. The Labute approximate surface area is 146 Å². The monoisotopic (exact) mass is 332 g/mol. The van der Waals surface area contributed by atoms with Crippen LogP contribution < -0.4 is 0 Å². The molecule has 5 heteroatoms. The second kappa shape index (κ2) is 9.74. The molecule has 0 radical (unpaired) electrons. The molecule has 1 aliphatic heterocycles. The number of likely N-dealkylation sites (tertiary alicyclic amines) is 1. The van der Waals surface area contributed by atoms with E-state index >= 15 is 0 Å². The second-order valence-corrected chi connectivity index (χ2v) is 7.07. The lowest BCUT2D eigenvalue weighted by Crippen LogP contribution is -2.35. The highest BCUT2D eigenvalue weighted by molar-refractivity contribution is 5.03. The zero-order valence-electron chi connectivity index (χ0n) is 15.4. The number of rotatable bonds is 8. The fourth-order valence-corrected chi connectivity index (χ4v) is 3.06. The maximum absolute atomic E-state index is 8.97. The quantitative estimate of drug-likeness (QED) is 0.743. The van der Waals surface area contributed by atoms with Gasteiger partial charge in [-0.05, 0) is 46.5 Å². The highest BCUT2D eigenvalue weighted by Crippen LogP contribution is 2.22. The van der Waals surface area contributed by atoms with Crippen molar-refractivity contribution in [1.29, 1.82) is 0 Å². The molecule has 0 aromatic carbocycles. The van der Waals surface area contributed by atoms with Crippen molar-refractivity contribution in [2.45, 2.75) is 58.9 Å². The summed E-state index contributed by atoms with van der Waals surface area (Å²) in [6.07, 6.45) is 11.8. The Hall–Kier alpha value is -1.46. The number of allylic oxidation sites excluding steroid dienone is 3. The molecule has 1 aromatic heterocycles. The van der Waals surface area contributed by atoms with Gasteiger partial charge in [-0.1, -0.05) is 28.5 Å². The fraction of sp³-hybridized carbons (Fsp3) is 0.684. The van der Waals surface area contributed by atoms with Crippen LogP contribution in [0.1, 0.15) is 58.2 Å². The number of aliphatic hydroxyl groups is 1. The first-order valence-electron chi connectivity index (χ1n) is 9.11. The van der Waals surface area contributed by atoms with Crippen molar-refractivity contribution in [1.82, 2.24) is 19.9 Å². The first-order valence-corrected chi connectivity index (χ1v) is 9.11. The molecule has 0 bridgehead atoms. The average molecular weight is 332 g/mol. The van der Waals surface area contributed by atoms with Crippen molar-refractivity contribution < 1.29 is 5.11 Å². The third kappa shape index (κ3) is 6.21. The van der Waals surface area contributed by atoms with E-state index in [4.69, 9.17) is 5.11 Å². The van der Waals surface area contributed by atoms with Gasteiger partial charge in [0.05, 0.1) is 11.7 Å². The Kier molecular flexibility index (Phi) is 7.66. The lowest BCUT2D eigenvalue weighted by Gasteiger charge is -2.31. The third-order valence-electron chi connectivity index (χ3n) is 4.65. The van der Waals surface area contributed by atoms with Gasteiger partial charge in [0.25, 0.3) is 0 Å². The van der Waals surface area contributed by atoms with Gasteiger partial charge in [-0.3, -0.25) is 4.90 Å². The van der Waals surface area contributed by atoms with E-state index in [0.717, 1.165) is 51.0 Å². The minimum atomic E-state index is 0.135. The third-order valence-corrected chi connectivity index (χ3v) is 4.65. The van der Waals surface area contributed by atoms with Crippen molar-refractivity contribution >= 4 is 0 Å². The largest absolute Gasteiger partial charge is 0.396 e. The summed E-state index contributed by atoms with van der Waals surface area (Å²) in [4.78, 5) is 2.52. The van der Waals surface area contributed by atoms with E-state index in [2.05, 4.69) is 48.1 Å². The van der Waals surface area contributed by atoms with Crippen LogP contribution in [-0.2, 0) is 6.42 Å². The summed E-state index contributed by atoms with van der Waals surface area (Å²) in [7, 11) is 0. The average Bonchev–Trinajstić information content (AvgIpc) is 3.02. The summed E-state index contributed by atoms with van der Waals surface area (Å²) in [6, 6.07) is 0.448. The summed E-state index contributed by atoms with van der Waals surface area (Å²) in [5.74, 6) is 0. The molecule has 24 heavy (non-hydrogen) atoms. The van der Waals surface area contributed by atoms with E-state index in [0.29, 0.717) is 12.5 Å². The van der Waals surface area contributed by atoms with Crippen LogP contribution in [0, 0.1) is 0 Å². The smallest absolute Gasteiger partial charge is 0.0850 e. The predicted octanol–water partition coefficient (Wildman–Crippen LogP) is 3.14. The summed E-state index contributed by atoms with van der Waals surface area (Å²) in [5, 5.41) is 17.3. The number of aromatic nitrogens is 3. The van der Waals surface area contributed by atoms with Crippen LogP contribution in [0.15, 0.2) is 29.5 Å². The molecule has 1 aromatic rings. The maximum atomic E-state index is 8.97. The van der Waals surface area contributed by atoms with E-state index in [1.54, 1.807) is 0 Å². The molecule has 0 spiro atoms. The topological polar surface area (TPSA) is 54.2 Å². The van der Waals surface area contributed by atoms with Gasteiger partial charge >= 0.3 is 0 Å². The summed E-state index contributed by atoms with van der Waals surface area (Å²) in [6.45, 7) is 9.96. The van der Waals surface area contributed by atoms with Gasteiger partial charge in [0.1, 0.15) is 0 Å². The standard InChI is InChI=1S/C19H32N4O/c1-16(2)5-4-6-17(3)7-11-22-12-8-19(9-13-22)23-15-18(10-14-24)20-21-23/h5,7,15,19,24H,4,6,8-14H2,1-3H3/b17-7+. The fourth-order valence-electron chi connectivity index (χ4n) is 3.06. The van der Waals surface area contributed by atoms with Crippen molar-refractivity contribution in [2.75, 3.05) is 26.2 Å². The Morgan fingerprint density at radius 2 is 2.00 bits per heavy atom. The minimum Gasteiger partial charge on any atom is -0.396 e. The molecular weight excluding hydrogens is 300 g/mol. The number of aliphatic hydroxyl groups excluding tert-OH is 1. The molecule has 0 amide bonds. The van der Waals surface area contributed by atoms with E-state index < -0.39 is 0 Å². The van der Waals surface area contributed by atoms with Crippen LogP contribution in [0.4, 0.5) is 0 Å². The van der Waals surface area contributed by atoms with Crippen LogP contribution in [0.3, 0.4) is 0 Å². The molecule has 0 aliphatic carbocycles. The Morgan fingerprint density at radius 3 is 2.67 bits per heavy atom. The minimum absolute atomic E-state index is 0.135. The lowest BCUT2D eigenvalue weighted by molar-refractivity contribution is 0.193. The van der Waals surface area contributed by atoms with Gasteiger partial charge in [-0.2, -0.15) is 0 Å². The van der Waals surface area contributed by atoms with E-state index in [1.165, 1.54) is 11.1 Å². The first-order chi connectivity index (χ1) is 11.6. The number of hydrogen-bond donors (Lipinski definition) is 1. The Bertz CT molecular complexity index is 549. The Balaban J connectivity index is 1.73. The van der Waals surface area contributed by atoms with Crippen LogP contribution >= 0.6 is 0 Å². The summed E-state index contributed by atoms with van der Waals surface area (Å²) >= 11 is 0. The molecule has 1 saturated heterocycles. The van der Waals surface area contributed by atoms with Crippen molar-refractivity contribution in [3.8, 4) is 0 Å². The molecule has 0 unspecified atom stereocenters. The SMILES string of the molecule is CC(C)=CCC/C(C)=C/CN1CCC(n2cc(CCO)nn2)CC1. The molecule has 2 rings (SSSR count). The molecule has 0 saturated carbocycles. The highest BCUT2D eigenvalue weighted by atomic mass is 16.3. The highest BCUT2D eigenvalue weighted by Gasteiger charge is 2.20. The molecule has 0 atom stereocenters. The van der Waals surface area contributed by atoms with Crippen molar-refractivity contribution in [3.05, 3.63) is 35.2 Å². The van der Waals surface area contributed by atoms with Gasteiger partial charge in [-0.25, -0.2) is 4.68 Å². The van der Waals surface area contributed by atoms with E-state index in [9.17, 15) is 0 Å².